The zero-order valence-electron chi connectivity index (χ0n) is 16.9. The highest BCUT2D eigenvalue weighted by Crippen LogP contribution is 2.38. The van der Waals surface area contributed by atoms with Gasteiger partial charge in [-0.05, 0) is 18.2 Å². The van der Waals surface area contributed by atoms with Gasteiger partial charge in [-0.1, -0.05) is 20.8 Å². The predicted molar refractivity (Wildman–Crippen MR) is 106 cm³/mol. The molecule has 4 rings (SSSR count). The largest absolute Gasteiger partial charge is 0.490 e. The number of aliphatic carboxylic acids is 1. The van der Waals surface area contributed by atoms with Crippen molar-refractivity contribution in [2.75, 3.05) is 7.11 Å². The van der Waals surface area contributed by atoms with Gasteiger partial charge < -0.3 is 9.84 Å². The summed E-state index contributed by atoms with van der Waals surface area (Å²) in [7, 11) is 1.56. The molecule has 11 heteroatoms. The highest BCUT2D eigenvalue weighted by Gasteiger charge is 2.38. The number of H-pyrrole nitrogens is 1. The van der Waals surface area contributed by atoms with Crippen molar-refractivity contribution in [1.82, 2.24) is 20.2 Å². The maximum absolute atomic E-state index is 13.9. The number of fused-ring (bicyclic) bond motifs is 6. The van der Waals surface area contributed by atoms with Crippen molar-refractivity contribution in [2.45, 2.75) is 32.4 Å². The monoisotopic (exact) mass is 438 g/mol. The minimum Gasteiger partial charge on any atom is -0.481 e. The lowest BCUT2D eigenvalue weighted by Crippen LogP contribution is -2.21. The summed E-state index contributed by atoms with van der Waals surface area (Å²) in [4.78, 5) is 18.4. The SMILES string of the molecule is COc1[nH]ncc2c3nc(C(C)(C)C)nc3c3ccc(F)cc3c12.O=C(O)C(F)(F)F. The van der Waals surface area contributed by atoms with Crippen LogP contribution in [-0.2, 0) is 10.2 Å². The molecule has 0 aliphatic carbocycles. The second-order valence-electron chi connectivity index (χ2n) is 7.68. The zero-order chi connectivity index (χ0) is 23.1. The number of alkyl halides is 3. The van der Waals surface area contributed by atoms with Crippen molar-refractivity contribution < 1.29 is 32.2 Å². The van der Waals surface area contributed by atoms with Crippen LogP contribution in [0.15, 0.2) is 24.4 Å². The summed E-state index contributed by atoms with van der Waals surface area (Å²) >= 11 is 0. The molecule has 2 N–H and O–H groups in total. The number of nitrogens with zero attached hydrogens (tertiary/aromatic N) is 3. The fraction of sp³-hybridized carbons (Fsp3) is 0.300. The molecule has 0 atom stereocenters. The van der Waals surface area contributed by atoms with E-state index >= 15 is 0 Å². The smallest absolute Gasteiger partial charge is 0.481 e. The van der Waals surface area contributed by atoms with Gasteiger partial charge in [-0.2, -0.15) is 18.3 Å². The normalized spacial score (nSPS) is 12.1. The van der Waals surface area contributed by atoms with E-state index in [0.717, 1.165) is 38.4 Å². The first-order chi connectivity index (χ1) is 14.3. The maximum atomic E-state index is 13.9. The first-order valence-corrected chi connectivity index (χ1v) is 8.95. The fourth-order valence-corrected chi connectivity index (χ4v) is 2.98. The summed E-state index contributed by atoms with van der Waals surface area (Å²) in [6.07, 6.45) is -3.40. The Labute approximate surface area is 173 Å². The van der Waals surface area contributed by atoms with Gasteiger partial charge in [0, 0.05) is 21.6 Å². The average molecular weight is 438 g/mol. The summed E-state index contributed by atoms with van der Waals surface area (Å²) < 4.78 is 51.0. The fourth-order valence-electron chi connectivity index (χ4n) is 2.98. The number of halogens is 4. The Hall–Kier alpha value is -3.50. The molecule has 0 saturated carbocycles. The Bertz CT molecular complexity index is 1290. The molecule has 4 aromatic rings. The molecule has 2 aromatic carbocycles. The number of ether oxygens (including phenoxy) is 1. The number of carboxylic acid groups (broad SMARTS) is 1. The third-order valence-electron chi connectivity index (χ3n) is 4.39. The van der Waals surface area contributed by atoms with E-state index in [1.54, 1.807) is 19.4 Å². The van der Waals surface area contributed by atoms with Gasteiger partial charge in [-0.25, -0.2) is 24.3 Å². The summed E-state index contributed by atoms with van der Waals surface area (Å²) in [6.45, 7) is 6.20. The van der Waals surface area contributed by atoms with Crippen molar-refractivity contribution in [3.8, 4) is 5.88 Å². The van der Waals surface area contributed by atoms with Crippen LogP contribution in [0, 0.1) is 5.82 Å². The first kappa shape index (κ1) is 22.2. The molecule has 2 aromatic heterocycles. The van der Waals surface area contributed by atoms with Gasteiger partial charge in [0.15, 0.2) is 0 Å². The maximum Gasteiger partial charge on any atom is 0.490 e. The molecule has 164 valence electrons. The Balaban J connectivity index is 0.000000339. The van der Waals surface area contributed by atoms with E-state index in [4.69, 9.17) is 24.6 Å². The molecular formula is C20H18F4N4O3. The van der Waals surface area contributed by atoms with Crippen molar-refractivity contribution in [3.63, 3.8) is 0 Å². The number of nitrogens with one attached hydrogen (secondary N) is 1. The molecule has 0 amide bonds. The number of methoxy groups -OCH3 is 1. The van der Waals surface area contributed by atoms with Crippen molar-refractivity contribution in [3.05, 3.63) is 36.0 Å². The number of hydrogen-bond acceptors (Lipinski definition) is 5. The van der Waals surface area contributed by atoms with Crippen molar-refractivity contribution in [2.24, 2.45) is 0 Å². The van der Waals surface area contributed by atoms with Gasteiger partial charge in [0.2, 0.25) is 5.88 Å². The molecule has 0 unspecified atom stereocenters. The molecule has 2 heterocycles. The molecule has 0 bridgehead atoms. The minimum atomic E-state index is -5.08. The van der Waals surface area contributed by atoms with Gasteiger partial charge in [-0.3, -0.25) is 0 Å². The summed E-state index contributed by atoms with van der Waals surface area (Å²) in [6, 6.07) is 4.68. The van der Waals surface area contributed by atoms with Crippen LogP contribution < -0.4 is 4.74 Å². The third-order valence-corrected chi connectivity index (χ3v) is 4.39. The van der Waals surface area contributed by atoms with E-state index in [9.17, 15) is 17.6 Å². The number of imidazole rings is 1. The standard InChI is InChI=1S/C18H17FN4O.C2HF3O2/c1-18(2,3)17-21-14-10-6-5-9(19)7-11(10)13-12(15(14)22-17)8-20-23-16(13)24-4;3-2(4,5)1(6)7/h5-8,23H,1-4H3;(H,6,7). The second kappa shape index (κ2) is 7.64. The molecule has 7 nitrogen and oxygen atoms in total. The van der Waals surface area contributed by atoms with Crippen LogP contribution >= 0.6 is 0 Å². The van der Waals surface area contributed by atoms with E-state index in [2.05, 4.69) is 31.0 Å². The first-order valence-electron chi connectivity index (χ1n) is 8.95. The van der Waals surface area contributed by atoms with Gasteiger partial charge in [0.05, 0.1) is 24.2 Å². The Kier molecular flexibility index (Phi) is 5.47. The number of benzene rings is 2. The second-order valence-corrected chi connectivity index (χ2v) is 7.68. The summed E-state index contributed by atoms with van der Waals surface area (Å²) in [5.41, 5.74) is 1.34. The van der Waals surface area contributed by atoms with Crippen LogP contribution in [0.1, 0.15) is 26.6 Å². The van der Waals surface area contributed by atoms with Gasteiger partial charge in [0.25, 0.3) is 0 Å². The van der Waals surface area contributed by atoms with Crippen LogP contribution in [0.2, 0.25) is 0 Å². The molecule has 0 radical (unpaired) electrons. The molecule has 0 spiro atoms. The molecule has 0 fully saturated rings. The predicted octanol–water partition coefficient (Wildman–Crippen LogP) is 4.74. The topological polar surface area (TPSA) is 101 Å². The number of aromatic amines is 1. The number of carboxylic acids is 1. The number of carbonyl (C=O) groups is 1. The molecule has 0 aliphatic rings. The molecule has 31 heavy (non-hydrogen) atoms. The zero-order valence-corrected chi connectivity index (χ0v) is 16.9. The van der Waals surface area contributed by atoms with Gasteiger partial charge >= 0.3 is 12.1 Å². The Morgan fingerprint density at radius 2 is 1.65 bits per heavy atom. The molecular weight excluding hydrogens is 420 g/mol. The number of rotatable bonds is 1. The van der Waals surface area contributed by atoms with Gasteiger partial charge in [-0.15, -0.1) is 0 Å². The number of aromatic nitrogens is 4. The summed E-state index contributed by atoms with van der Waals surface area (Å²) in [5, 5.41) is 17.2. The Morgan fingerprint density at radius 1 is 1.06 bits per heavy atom. The summed E-state index contributed by atoms with van der Waals surface area (Å²) in [5.74, 6) is -1.84. The van der Waals surface area contributed by atoms with Gasteiger partial charge in [0.1, 0.15) is 17.2 Å². The van der Waals surface area contributed by atoms with Crippen LogP contribution in [0.3, 0.4) is 0 Å². The quantitative estimate of drug-likeness (QED) is 0.329. The average Bonchev–Trinajstić information content (AvgIpc) is 3.13. The van der Waals surface area contributed by atoms with Crippen molar-refractivity contribution in [1.29, 1.82) is 0 Å². The van der Waals surface area contributed by atoms with Crippen LogP contribution in [0.4, 0.5) is 17.6 Å². The lowest BCUT2D eigenvalue weighted by atomic mass is 9.96. The van der Waals surface area contributed by atoms with E-state index in [1.807, 2.05) is 0 Å². The van der Waals surface area contributed by atoms with E-state index in [1.165, 1.54) is 12.1 Å². The molecule has 0 saturated heterocycles. The Morgan fingerprint density at radius 3 is 2.16 bits per heavy atom. The molecule has 0 aliphatic heterocycles. The minimum absolute atomic E-state index is 0.184. The highest BCUT2D eigenvalue weighted by atomic mass is 19.4. The van der Waals surface area contributed by atoms with Crippen LogP contribution in [0.5, 0.6) is 5.88 Å². The third kappa shape index (κ3) is 4.21. The van der Waals surface area contributed by atoms with E-state index in [0.29, 0.717) is 5.88 Å². The lowest BCUT2D eigenvalue weighted by molar-refractivity contribution is -0.192. The highest BCUT2D eigenvalue weighted by molar-refractivity contribution is 6.24. The lowest BCUT2D eigenvalue weighted by Gasteiger charge is -2.12. The van der Waals surface area contributed by atoms with E-state index in [-0.39, 0.29) is 11.2 Å². The van der Waals surface area contributed by atoms with E-state index < -0.39 is 12.1 Å². The van der Waals surface area contributed by atoms with Crippen LogP contribution in [0.25, 0.3) is 32.6 Å². The number of hydrogen-bond donors (Lipinski definition) is 2. The van der Waals surface area contributed by atoms with Crippen molar-refractivity contribution >= 4 is 38.5 Å². The van der Waals surface area contributed by atoms with Crippen LogP contribution in [-0.4, -0.2) is 44.5 Å².